The predicted octanol–water partition coefficient (Wildman–Crippen LogP) is 0.958. The number of hydrogen-bond donors (Lipinski definition) is 3. The molecule has 1 heterocycles. The summed E-state index contributed by atoms with van der Waals surface area (Å²) in [4.78, 5) is 22.5. The third-order valence-electron chi connectivity index (χ3n) is 2.67. The van der Waals surface area contributed by atoms with E-state index in [1.54, 1.807) is 26.2 Å². The molecule has 6 nitrogen and oxygen atoms in total. The van der Waals surface area contributed by atoms with Gasteiger partial charge >= 0.3 is 5.97 Å². The Hall–Kier alpha value is -1.85. The number of carbonyl (C=O) groups excluding carboxylic acids is 1. The van der Waals surface area contributed by atoms with Crippen molar-refractivity contribution < 1.29 is 14.7 Å². The Kier molecular flexibility index (Phi) is 5.35. The van der Waals surface area contributed by atoms with Crippen LogP contribution in [0.2, 0.25) is 0 Å². The van der Waals surface area contributed by atoms with Gasteiger partial charge in [0.15, 0.2) is 0 Å². The molecule has 1 aromatic rings. The molecular formula is C12H19N3O3. The van der Waals surface area contributed by atoms with E-state index in [2.05, 4.69) is 15.5 Å². The Bertz CT molecular complexity index is 387. The molecule has 0 aliphatic carbocycles. The van der Waals surface area contributed by atoms with Gasteiger partial charge in [-0.3, -0.25) is 9.89 Å². The quantitative estimate of drug-likeness (QED) is 0.674. The second kappa shape index (κ2) is 6.78. The Morgan fingerprint density at radius 1 is 1.50 bits per heavy atom. The second-order valence-corrected chi connectivity index (χ2v) is 4.59. The van der Waals surface area contributed by atoms with Crippen LogP contribution in [0.15, 0.2) is 12.4 Å². The van der Waals surface area contributed by atoms with Crippen LogP contribution in [-0.2, 0) is 16.0 Å². The van der Waals surface area contributed by atoms with E-state index in [1.807, 2.05) is 0 Å². The topological polar surface area (TPSA) is 95.1 Å². The number of aryl methyl sites for hydroxylation is 1. The fourth-order valence-electron chi connectivity index (χ4n) is 1.63. The maximum absolute atomic E-state index is 11.6. The summed E-state index contributed by atoms with van der Waals surface area (Å²) in [6, 6.07) is -0.813. The van der Waals surface area contributed by atoms with Crippen LogP contribution in [0, 0.1) is 5.92 Å². The maximum atomic E-state index is 11.6. The van der Waals surface area contributed by atoms with Gasteiger partial charge in [-0.1, -0.05) is 13.8 Å². The van der Waals surface area contributed by atoms with Crippen molar-refractivity contribution in [2.45, 2.75) is 39.2 Å². The summed E-state index contributed by atoms with van der Waals surface area (Å²) >= 11 is 0. The number of rotatable bonds is 7. The number of aromatic nitrogens is 2. The fraction of sp³-hybridized carbons (Fsp3) is 0.583. The van der Waals surface area contributed by atoms with E-state index in [0.29, 0.717) is 12.8 Å². The number of carboxylic acids is 1. The van der Waals surface area contributed by atoms with Crippen LogP contribution in [0.5, 0.6) is 0 Å². The van der Waals surface area contributed by atoms with Crippen LogP contribution in [0.25, 0.3) is 0 Å². The monoisotopic (exact) mass is 253 g/mol. The molecule has 3 N–H and O–H groups in total. The first-order chi connectivity index (χ1) is 8.50. The van der Waals surface area contributed by atoms with Crippen molar-refractivity contribution in [1.29, 1.82) is 0 Å². The minimum atomic E-state index is -0.992. The number of aromatic amines is 1. The Labute approximate surface area is 106 Å². The zero-order valence-corrected chi connectivity index (χ0v) is 10.6. The van der Waals surface area contributed by atoms with Gasteiger partial charge in [-0.25, -0.2) is 4.79 Å². The van der Waals surface area contributed by atoms with Gasteiger partial charge in [0.2, 0.25) is 5.91 Å². The average molecular weight is 253 g/mol. The van der Waals surface area contributed by atoms with Gasteiger partial charge in [-0.15, -0.1) is 0 Å². The summed E-state index contributed by atoms with van der Waals surface area (Å²) in [5, 5.41) is 18.0. The number of H-pyrrole nitrogens is 1. The van der Waals surface area contributed by atoms with Crippen LogP contribution in [-0.4, -0.2) is 33.2 Å². The summed E-state index contributed by atoms with van der Waals surface area (Å²) in [5.74, 6) is -1.34. The number of amides is 1. The van der Waals surface area contributed by atoms with Gasteiger partial charge in [0.1, 0.15) is 6.04 Å². The molecule has 0 aliphatic heterocycles. The molecule has 0 unspecified atom stereocenters. The van der Waals surface area contributed by atoms with Crippen LogP contribution < -0.4 is 5.32 Å². The number of carboxylic acid groups (broad SMARTS) is 1. The van der Waals surface area contributed by atoms with Crippen molar-refractivity contribution in [1.82, 2.24) is 15.5 Å². The molecule has 0 aromatic carbocycles. The highest BCUT2D eigenvalue weighted by molar-refractivity contribution is 5.83. The molecule has 1 amide bonds. The molecule has 6 heteroatoms. The molecule has 18 heavy (non-hydrogen) atoms. The highest BCUT2D eigenvalue weighted by atomic mass is 16.4. The number of aliphatic carboxylic acids is 1. The molecule has 0 spiro atoms. The lowest BCUT2D eigenvalue weighted by Gasteiger charge is -2.17. The molecule has 1 rings (SSSR count). The van der Waals surface area contributed by atoms with E-state index in [9.17, 15) is 9.59 Å². The van der Waals surface area contributed by atoms with Crippen LogP contribution >= 0.6 is 0 Å². The van der Waals surface area contributed by atoms with Crippen molar-refractivity contribution >= 4 is 11.9 Å². The lowest BCUT2D eigenvalue weighted by Crippen LogP contribution is -2.44. The molecule has 0 aliphatic rings. The molecule has 0 saturated carbocycles. The van der Waals surface area contributed by atoms with E-state index in [0.717, 1.165) is 12.0 Å². The molecule has 1 aromatic heterocycles. The third kappa shape index (κ3) is 4.57. The van der Waals surface area contributed by atoms with Crippen LogP contribution in [0.3, 0.4) is 0 Å². The minimum absolute atomic E-state index is 0.125. The Morgan fingerprint density at radius 2 is 2.22 bits per heavy atom. The first-order valence-electron chi connectivity index (χ1n) is 6.00. The highest BCUT2D eigenvalue weighted by Crippen LogP contribution is 2.05. The van der Waals surface area contributed by atoms with Gasteiger partial charge in [0.05, 0.1) is 6.20 Å². The second-order valence-electron chi connectivity index (χ2n) is 4.59. The smallest absolute Gasteiger partial charge is 0.326 e. The summed E-state index contributed by atoms with van der Waals surface area (Å²) in [6.07, 6.45) is 5.25. The highest BCUT2D eigenvalue weighted by Gasteiger charge is 2.22. The summed E-state index contributed by atoms with van der Waals surface area (Å²) < 4.78 is 0. The largest absolute Gasteiger partial charge is 0.480 e. The van der Waals surface area contributed by atoms with Crippen molar-refractivity contribution in [3.63, 3.8) is 0 Å². The summed E-state index contributed by atoms with van der Waals surface area (Å²) in [6.45, 7) is 3.54. The predicted molar refractivity (Wildman–Crippen MR) is 65.9 cm³/mol. The maximum Gasteiger partial charge on any atom is 0.326 e. The van der Waals surface area contributed by atoms with Crippen LogP contribution in [0.1, 0.15) is 32.3 Å². The van der Waals surface area contributed by atoms with E-state index in [-0.39, 0.29) is 11.8 Å². The normalized spacial score (nSPS) is 12.4. The summed E-state index contributed by atoms with van der Waals surface area (Å²) in [7, 11) is 0. The number of hydrogen-bond acceptors (Lipinski definition) is 3. The zero-order valence-electron chi connectivity index (χ0n) is 10.6. The van der Waals surface area contributed by atoms with E-state index in [4.69, 9.17) is 5.11 Å². The van der Waals surface area contributed by atoms with Crippen LogP contribution in [0.4, 0.5) is 0 Å². The molecular weight excluding hydrogens is 234 g/mol. The third-order valence-corrected chi connectivity index (χ3v) is 2.67. The minimum Gasteiger partial charge on any atom is -0.480 e. The lowest BCUT2D eigenvalue weighted by atomic mass is 10.0. The average Bonchev–Trinajstić information content (AvgIpc) is 2.78. The SMILES string of the molecule is CC(C)[C@@H](NC(=O)CCCc1cn[nH]c1)C(=O)O. The number of nitrogens with one attached hydrogen (secondary N) is 2. The number of nitrogens with zero attached hydrogens (tertiary/aromatic N) is 1. The molecule has 0 fully saturated rings. The first kappa shape index (κ1) is 14.2. The molecule has 100 valence electrons. The lowest BCUT2D eigenvalue weighted by molar-refractivity contribution is -0.143. The fourth-order valence-corrected chi connectivity index (χ4v) is 1.63. The zero-order chi connectivity index (χ0) is 13.5. The van der Waals surface area contributed by atoms with Crippen molar-refractivity contribution in [3.05, 3.63) is 18.0 Å². The molecule has 0 saturated heterocycles. The van der Waals surface area contributed by atoms with Gasteiger partial charge in [-0.2, -0.15) is 5.10 Å². The summed E-state index contributed by atoms with van der Waals surface area (Å²) in [5.41, 5.74) is 1.04. The standard InChI is InChI=1S/C12H19N3O3/c1-8(2)11(12(17)18)15-10(16)5-3-4-9-6-13-14-7-9/h6-8,11H,3-5H2,1-2H3,(H,13,14)(H,15,16)(H,17,18)/t11-/m1/s1. The van der Waals surface area contributed by atoms with E-state index >= 15 is 0 Å². The molecule has 0 bridgehead atoms. The van der Waals surface area contributed by atoms with Gasteiger partial charge < -0.3 is 10.4 Å². The van der Waals surface area contributed by atoms with Crippen molar-refractivity contribution in [2.75, 3.05) is 0 Å². The Balaban J connectivity index is 2.30. The van der Waals surface area contributed by atoms with E-state index in [1.165, 1.54) is 0 Å². The van der Waals surface area contributed by atoms with Crippen molar-refractivity contribution in [3.8, 4) is 0 Å². The Morgan fingerprint density at radius 3 is 2.72 bits per heavy atom. The van der Waals surface area contributed by atoms with Gasteiger partial charge in [0.25, 0.3) is 0 Å². The number of carbonyl (C=O) groups is 2. The van der Waals surface area contributed by atoms with Gasteiger partial charge in [0, 0.05) is 12.6 Å². The molecule has 0 radical (unpaired) electrons. The first-order valence-corrected chi connectivity index (χ1v) is 6.00. The van der Waals surface area contributed by atoms with E-state index < -0.39 is 12.0 Å². The van der Waals surface area contributed by atoms with Gasteiger partial charge in [-0.05, 0) is 24.3 Å². The van der Waals surface area contributed by atoms with Crippen molar-refractivity contribution in [2.24, 2.45) is 5.92 Å². The molecule has 1 atom stereocenters.